The minimum atomic E-state index is -0.727. The standard InChI is InChI=1S/C25H21Cl2N3O5/c1-3-33-19-11-9-17(10-12-19)29-23(31)15(14-28)13-20-22(27)21(25(32)34-4-2)24(35-20)30-18-7-5-16(26)6-8-18/h5-13,30H,3-4H2,1-2H3,(H,29,31)/b15-13+. The van der Waals surface area contributed by atoms with E-state index in [1.807, 2.05) is 13.0 Å². The molecule has 8 nitrogen and oxygen atoms in total. The van der Waals surface area contributed by atoms with Gasteiger partial charge in [-0.15, -0.1) is 0 Å². The predicted octanol–water partition coefficient (Wildman–Crippen LogP) is 6.45. The quantitative estimate of drug-likeness (QED) is 0.192. The minimum Gasteiger partial charge on any atom is -0.494 e. The van der Waals surface area contributed by atoms with Gasteiger partial charge in [-0.2, -0.15) is 5.26 Å². The summed E-state index contributed by atoms with van der Waals surface area (Å²) in [6.45, 7) is 4.14. The zero-order valence-electron chi connectivity index (χ0n) is 18.9. The number of nitrogens with one attached hydrogen (secondary N) is 2. The lowest BCUT2D eigenvalue weighted by Gasteiger charge is -2.06. The summed E-state index contributed by atoms with van der Waals surface area (Å²) in [7, 11) is 0. The van der Waals surface area contributed by atoms with Gasteiger partial charge in [0.15, 0.2) is 5.76 Å². The Bertz CT molecular complexity index is 1280. The molecule has 0 spiro atoms. The zero-order valence-corrected chi connectivity index (χ0v) is 20.4. The van der Waals surface area contributed by atoms with Gasteiger partial charge in [0.05, 0.1) is 13.2 Å². The molecule has 0 aliphatic rings. The maximum Gasteiger partial charge on any atom is 0.345 e. The van der Waals surface area contributed by atoms with E-state index in [0.717, 1.165) is 6.08 Å². The third kappa shape index (κ3) is 6.57. The predicted molar refractivity (Wildman–Crippen MR) is 134 cm³/mol. The topological polar surface area (TPSA) is 114 Å². The summed E-state index contributed by atoms with van der Waals surface area (Å²) >= 11 is 12.3. The van der Waals surface area contributed by atoms with Crippen molar-refractivity contribution in [2.45, 2.75) is 13.8 Å². The molecular formula is C25H21Cl2N3O5. The van der Waals surface area contributed by atoms with Gasteiger partial charge in [-0.25, -0.2) is 4.79 Å². The van der Waals surface area contributed by atoms with Crippen LogP contribution >= 0.6 is 23.2 Å². The number of carbonyl (C=O) groups is 2. The van der Waals surface area contributed by atoms with Crippen molar-refractivity contribution < 1.29 is 23.5 Å². The van der Waals surface area contributed by atoms with Gasteiger partial charge in [-0.3, -0.25) is 4.79 Å². The van der Waals surface area contributed by atoms with Gasteiger partial charge in [0.25, 0.3) is 5.91 Å². The van der Waals surface area contributed by atoms with Crippen LogP contribution in [0.3, 0.4) is 0 Å². The van der Waals surface area contributed by atoms with E-state index in [1.54, 1.807) is 55.5 Å². The van der Waals surface area contributed by atoms with Crippen LogP contribution < -0.4 is 15.4 Å². The third-order valence-corrected chi connectivity index (χ3v) is 5.15. The largest absolute Gasteiger partial charge is 0.494 e. The average Bonchev–Trinajstić information content (AvgIpc) is 3.14. The minimum absolute atomic E-state index is 0.00812. The van der Waals surface area contributed by atoms with Gasteiger partial charge < -0.3 is 24.5 Å². The van der Waals surface area contributed by atoms with Crippen LogP contribution in [-0.4, -0.2) is 25.1 Å². The van der Waals surface area contributed by atoms with Crippen molar-refractivity contribution in [3.05, 3.63) is 75.5 Å². The highest BCUT2D eigenvalue weighted by Gasteiger charge is 2.26. The molecule has 0 saturated carbocycles. The molecule has 1 aromatic heterocycles. The van der Waals surface area contributed by atoms with E-state index < -0.39 is 11.9 Å². The number of nitriles is 1. The number of furan rings is 1. The van der Waals surface area contributed by atoms with Gasteiger partial charge in [0, 0.05) is 22.5 Å². The molecule has 0 aliphatic carbocycles. The molecule has 2 N–H and O–H groups in total. The van der Waals surface area contributed by atoms with Crippen LogP contribution in [0.5, 0.6) is 5.75 Å². The first kappa shape index (κ1) is 25.7. The molecule has 2 aromatic carbocycles. The summed E-state index contributed by atoms with van der Waals surface area (Å²) in [6.07, 6.45) is 1.15. The van der Waals surface area contributed by atoms with Crippen LogP contribution in [0.2, 0.25) is 10.0 Å². The SMILES string of the molecule is CCOC(=O)c1c(Nc2ccc(Cl)cc2)oc(/C=C(\C#N)C(=O)Nc2ccc(OCC)cc2)c1Cl. The van der Waals surface area contributed by atoms with Crippen molar-refractivity contribution in [2.75, 3.05) is 23.8 Å². The Morgan fingerprint density at radius 3 is 2.29 bits per heavy atom. The zero-order chi connectivity index (χ0) is 25.4. The van der Waals surface area contributed by atoms with Crippen molar-refractivity contribution in [2.24, 2.45) is 0 Å². The lowest BCUT2D eigenvalue weighted by molar-refractivity contribution is -0.112. The number of nitrogens with zero attached hydrogens (tertiary/aromatic N) is 1. The molecule has 0 unspecified atom stereocenters. The van der Waals surface area contributed by atoms with Gasteiger partial charge >= 0.3 is 5.97 Å². The smallest absolute Gasteiger partial charge is 0.345 e. The monoisotopic (exact) mass is 513 g/mol. The highest BCUT2D eigenvalue weighted by atomic mass is 35.5. The van der Waals surface area contributed by atoms with E-state index >= 15 is 0 Å². The molecule has 0 saturated heterocycles. The maximum absolute atomic E-state index is 12.7. The first-order valence-corrected chi connectivity index (χ1v) is 11.3. The van der Waals surface area contributed by atoms with Crippen LogP contribution in [-0.2, 0) is 9.53 Å². The number of amides is 1. The normalized spacial score (nSPS) is 10.9. The lowest BCUT2D eigenvalue weighted by atomic mass is 10.2. The number of carbonyl (C=O) groups excluding carboxylic acids is 2. The van der Waals surface area contributed by atoms with E-state index in [-0.39, 0.29) is 34.4 Å². The molecule has 0 atom stereocenters. The summed E-state index contributed by atoms with van der Waals surface area (Å²) in [5.41, 5.74) is 0.666. The summed E-state index contributed by atoms with van der Waals surface area (Å²) in [5, 5.41) is 15.5. The molecule has 180 valence electrons. The highest BCUT2D eigenvalue weighted by Crippen LogP contribution is 2.36. The second-order valence-electron chi connectivity index (χ2n) is 6.92. The lowest BCUT2D eigenvalue weighted by Crippen LogP contribution is -2.13. The van der Waals surface area contributed by atoms with Crippen molar-refractivity contribution in [3.8, 4) is 11.8 Å². The number of rotatable bonds is 9. The number of anilines is 3. The first-order chi connectivity index (χ1) is 16.9. The van der Waals surface area contributed by atoms with Crippen LogP contribution in [0.15, 0.2) is 58.5 Å². The fraction of sp³-hybridized carbons (Fsp3) is 0.160. The van der Waals surface area contributed by atoms with Crippen LogP contribution in [0.4, 0.5) is 17.3 Å². The Morgan fingerprint density at radius 1 is 1.03 bits per heavy atom. The summed E-state index contributed by atoms with van der Waals surface area (Å²) < 4.78 is 16.2. The van der Waals surface area contributed by atoms with Crippen LogP contribution in [0.1, 0.15) is 30.0 Å². The first-order valence-electron chi connectivity index (χ1n) is 10.5. The van der Waals surface area contributed by atoms with Gasteiger partial charge in [0.1, 0.15) is 28.0 Å². The second kappa shape index (κ2) is 12.0. The molecule has 3 rings (SSSR count). The fourth-order valence-electron chi connectivity index (χ4n) is 2.94. The Morgan fingerprint density at radius 2 is 1.69 bits per heavy atom. The second-order valence-corrected chi connectivity index (χ2v) is 7.73. The fourth-order valence-corrected chi connectivity index (χ4v) is 3.32. The van der Waals surface area contributed by atoms with E-state index in [2.05, 4.69) is 10.6 Å². The van der Waals surface area contributed by atoms with Gasteiger partial charge in [-0.1, -0.05) is 23.2 Å². The highest BCUT2D eigenvalue weighted by molar-refractivity contribution is 6.36. The summed E-state index contributed by atoms with van der Waals surface area (Å²) in [5.74, 6) is -0.837. The maximum atomic E-state index is 12.7. The van der Waals surface area contributed by atoms with Crippen LogP contribution in [0, 0.1) is 11.3 Å². The average molecular weight is 514 g/mol. The van der Waals surface area contributed by atoms with Crippen molar-refractivity contribution in [3.63, 3.8) is 0 Å². The number of hydrogen-bond acceptors (Lipinski definition) is 7. The molecule has 0 fully saturated rings. The molecule has 1 heterocycles. The number of benzene rings is 2. The van der Waals surface area contributed by atoms with E-state index in [1.165, 1.54) is 0 Å². The van der Waals surface area contributed by atoms with E-state index in [4.69, 9.17) is 37.1 Å². The Labute approximate surface area is 212 Å². The molecule has 10 heteroatoms. The summed E-state index contributed by atoms with van der Waals surface area (Å²) in [6, 6.07) is 15.1. The van der Waals surface area contributed by atoms with Crippen LogP contribution in [0.25, 0.3) is 6.08 Å². The van der Waals surface area contributed by atoms with Gasteiger partial charge in [0.2, 0.25) is 5.88 Å². The molecule has 0 radical (unpaired) electrons. The van der Waals surface area contributed by atoms with E-state index in [0.29, 0.717) is 28.8 Å². The number of hydrogen-bond donors (Lipinski definition) is 2. The molecular weight excluding hydrogens is 493 g/mol. The van der Waals surface area contributed by atoms with Crippen molar-refractivity contribution in [1.82, 2.24) is 0 Å². The van der Waals surface area contributed by atoms with E-state index in [9.17, 15) is 14.9 Å². The summed E-state index contributed by atoms with van der Waals surface area (Å²) in [4.78, 5) is 25.2. The third-order valence-electron chi connectivity index (χ3n) is 4.52. The van der Waals surface area contributed by atoms with Gasteiger partial charge in [-0.05, 0) is 62.4 Å². The Balaban J connectivity index is 1.91. The molecule has 1 amide bonds. The number of ether oxygens (including phenoxy) is 2. The molecule has 3 aromatic rings. The Hall–Kier alpha value is -3.93. The Kier molecular flexibility index (Phi) is 8.79. The molecule has 0 bridgehead atoms. The van der Waals surface area contributed by atoms with Crippen molar-refractivity contribution >= 4 is 58.4 Å². The number of halogens is 2. The number of esters is 1. The molecule has 0 aliphatic heterocycles. The van der Waals surface area contributed by atoms with Crippen molar-refractivity contribution in [1.29, 1.82) is 5.26 Å². The molecule has 35 heavy (non-hydrogen) atoms.